The molecule has 1 rings (SSSR count). The van der Waals surface area contributed by atoms with Crippen LogP contribution in [0.5, 0.6) is 0 Å². The van der Waals surface area contributed by atoms with Crippen LogP contribution < -0.4 is 0 Å². The molecule has 0 aromatic rings. The van der Waals surface area contributed by atoms with Crippen LogP contribution in [0.1, 0.15) is 6.42 Å². The van der Waals surface area contributed by atoms with Crippen LogP contribution in [0.25, 0.3) is 0 Å². The first kappa shape index (κ1) is 12.7. The SMILES string of the molecule is CN(C(=O)/C=C\C(=O)O)[C@H]1CCS(=O)(=O)C1. The Morgan fingerprint density at radius 3 is 2.44 bits per heavy atom. The average molecular weight is 247 g/mol. The van der Waals surface area contributed by atoms with E-state index in [0.717, 1.165) is 12.2 Å². The fraction of sp³-hybridized carbons (Fsp3) is 0.556. The van der Waals surface area contributed by atoms with Crippen LogP contribution in [-0.2, 0) is 19.4 Å². The van der Waals surface area contributed by atoms with Gasteiger partial charge >= 0.3 is 5.97 Å². The van der Waals surface area contributed by atoms with E-state index >= 15 is 0 Å². The molecule has 0 saturated carbocycles. The number of aliphatic carboxylic acids is 1. The second kappa shape index (κ2) is 4.65. The number of carbonyl (C=O) groups excluding carboxylic acids is 1. The van der Waals surface area contributed by atoms with Crippen LogP contribution in [-0.4, -0.2) is 54.9 Å². The Hall–Kier alpha value is -1.37. The Morgan fingerprint density at radius 2 is 2.00 bits per heavy atom. The molecule has 1 N–H and O–H groups in total. The normalized spacial score (nSPS) is 23.4. The van der Waals surface area contributed by atoms with Crippen molar-refractivity contribution in [3.63, 3.8) is 0 Å². The smallest absolute Gasteiger partial charge is 0.328 e. The summed E-state index contributed by atoms with van der Waals surface area (Å²) in [7, 11) is -1.57. The lowest BCUT2D eigenvalue weighted by atomic mass is 10.2. The molecule has 0 bridgehead atoms. The van der Waals surface area contributed by atoms with Gasteiger partial charge in [0, 0.05) is 25.2 Å². The molecule has 0 unspecified atom stereocenters. The zero-order valence-corrected chi connectivity index (χ0v) is 9.61. The molecule has 16 heavy (non-hydrogen) atoms. The van der Waals surface area contributed by atoms with Crippen molar-refractivity contribution in [1.82, 2.24) is 4.90 Å². The Bertz CT molecular complexity index is 425. The number of sulfone groups is 1. The molecule has 6 nitrogen and oxygen atoms in total. The van der Waals surface area contributed by atoms with Crippen LogP contribution in [0.4, 0.5) is 0 Å². The van der Waals surface area contributed by atoms with Gasteiger partial charge in [-0.25, -0.2) is 13.2 Å². The van der Waals surface area contributed by atoms with E-state index in [1.165, 1.54) is 11.9 Å². The van der Waals surface area contributed by atoms with Crippen molar-refractivity contribution in [3.8, 4) is 0 Å². The van der Waals surface area contributed by atoms with Gasteiger partial charge in [0.2, 0.25) is 5.91 Å². The monoisotopic (exact) mass is 247 g/mol. The molecular formula is C9H13NO5S. The third-order valence-electron chi connectivity index (χ3n) is 2.47. The van der Waals surface area contributed by atoms with Gasteiger partial charge in [-0.05, 0) is 6.42 Å². The Labute approximate surface area is 93.5 Å². The van der Waals surface area contributed by atoms with Gasteiger partial charge in [-0.1, -0.05) is 0 Å². The summed E-state index contributed by atoms with van der Waals surface area (Å²) in [5, 5.41) is 8.34. The molecule has 1 aliphatic heterocycles. The van der Waals surface area contributed by atoms with Crippen LogP contribution in [0.15, 0.2) is 12.2 Å². The third-order valence-corrected chi connectivity index (χ3v) is 4.22. The zero-order valence-electron chi connectivity index (χ0n) is 8.79. The van der Waals surface area contributed by atoms with E-state index in [2.05, 4.69) is 0 Å². The summed E-state index contributed by atoms with van der Waals surface area (Å²) in [5.74, 6) is -1.67. The van der Waals surface area contributed by atoms with E-state index in [9.17, 15) is 18.0 Å². The molecule has 0 radical (unpaired) electrons. The molecule has 0 spiro atoms. The van der Waals surface area contributed by atoms with Gasteiger partial charge in [-0.3, -0.25) is 4.79 Å². The first-order chi connectivity index (χ1) is 7.32. The fourth-order valence-corrected chi connectivity index (χ4v) is 3.30. The predicted molar refractivity (Wildman–Crippen MR) is 56.6 cm³/mol. The summed E-state index contributed by atoms with van der Waals surface area (Å²) in [4.78, 5) is 22.9. The van der Waals surface area contributed by atoms with Crippen LogP contribution in [0.3, 0.4) is 0 Å². The van der Waals surface area contributed by atoms with E-state index in [1.807, 2.05) is 0 Å². The highest BCUT2D eigenvalue weighted by Crippen LogP contribution is 2.16. The van der Waals surface area contributed by atoms with Gasteiger partial charge < -0.3 is 10.0 Å². The second-order valence-electron chi connectivity index (χ2n) is 3.68. The first-order valence-electron chi connectivity index (χ1n) is 4.70. The Morgan fingerprint density at radius 1 is 1.38 bits per heavy atom. The molecule has 1 heterocycles. The molecule has 1 aliphatic rings. The molecule has 1 atom stereocenters. The highest BCUT2D eigenvalue weighted by atomic mass is 32.2. The first-order valence-corrected chi connectivity index (χ1v) is 6.52. The van der Waals surface area contributed by atoms with Crippen molar-refractivity contribution >= 4 is 21.7 Å². The molecular weight excluding hydrogens is 234 g/mol. The lowest BCUT2D eigenvalue weighted by molar-refractivity contribution is -0.132. The molecule has 90 valence electrons. The minimum absolute atomic E-state index is 0.0455. The summed E-state index contributed by atoms with van der Waals surface area (Å²) in [6.45, 7) is 0. The van der Waals surface area contributed by atoms with Crippen molar-refractivity contribution in [3.05, 3.63) is 12.2 Å². The molecule has 1 fully saturated rings. The van der Waals surface area contributed by atoms with Crippen LogP contribution in [0, 0.1) is 0 Å². The highest BCUT2D eigenvalue weighted by Gasteiger charge is 2.31. The summed E-state index contributed by atoms with van der Waals surface area (Å²) in [6.07, 6.45) is 2.07. The highest BCUT2D eigenvalue weighted by molar-refractivity contribution is 7.91. The largest absolute Gasteiger partial charge is 0.478 e. The van der Waals surface area contributed by atoms with Crippen molar-refractivity contribution in [2.75, 3.05) is 18.6 Å². The van der Waals surface area contributed by atoms with Crippen molar-refractivity contribution in [2.45, 2.75) is 12.5 Å². The van der Waals surface area contributed by atoms with E-state index in [-0.39, 0.29) is 17.5 Å². The lowest BCUT2D eigenvalue weighted by Crippen LogP contribution is -2.36. The number of nitrogens with zero attached hydrogens (tertiary/aromatic N) is 1. The standard InChI is InChI=1S/C9H13NO5S/c1-10(8(11)2-3-9(12)13)7-4-5-16(14,15)6-7/h2-3,7H,4-6H2,1H3,(H,12,13)/b3-2-/t7-/m0/s1. The number of likely N-dealkylation sites (N-methyl/N-ethyl adjacent to an activating group) is 1. The topological polar surface area (TPSA) is 91.8 Å². The van der Waals surface area contributed by atoms with Crippen molar-refractivity contribution in [1.29, 1.82) is 0 Å². The average Bonchev–Trinajstić information content (AvgIpc) is 2.54. The predicted octanol–water partition coefficient (Wildman–Crippen LogP) is -0.727. The van der Waals surface area contributed by atoms with Gasteiger partial charge in [0.1, 0.15) is 0 Å². The quantitative estimate of drug-likeness (QED) is 0.664. The molecule has 1 amide bonds. The molecule has 7 heteroatoms. The van der Waals surface area contributed by atoms with E-state index < -0.39 is 21.7 Å². The molecule has 0 aliphatic carbocycles. The van der Waals surface area contributed by atoms with Gasteiger partial charge in [0.05, 0.1) is 11.5 Å². The van der Waals surface area contributed by atoms with E-state index in [1.54, 1.807) is 0 Å². The van der Waals surface area contributed by atoms with Crippen molar-refractivity contribution in [2.24, 2.45) is 0 Å². The number of hydrogen-bond donors (Lipinski definition) is 1. The maximum absolute atomic E-state index is 11.4. The lowest BCUT2D eigenvalue weighted by Gasteiger charge is -2.21. The summed E-state index contributed by atoms with van der Waals surface area (Å²) in [5.41, 5.74) is 0. The van der Waals surface area contributed by atoms with E-state index in [0.29, 0.717) is 6.42 Å². The number of carbonyl (C=O) groups is 2. The maximum Gasteiger partial charge on any atom is 0.328 e. The number of carboxylic acids is 1. The Kier molecular flexibility index (Phi) is 3.69. The number of hydrogen-bond acceptors (Lipinski definition) is 4. The molecule has 0 aromatic heterocycles. The van der Waals surface area contributed by atoms with Crippen LogP contribution in [0.2, 0.25) is 0 Å². The Balaban J connectivity index is 2.62. The van der Waals surface area contributed by atoms with Crippen LogP contribution >= 0.6 is 0 Å². The molecule has 1 saturated heterocycles. The summed E-state index contributed by atoms with van der Waals surface area (Å²) in [6, 6.07) is -0.351. The van der Waals surface area contributed by atoms with E-state index in [4.69, 9.17) is 5.11 Å². The fourth-order valence-electron chi connectivity index (χ4n) is 1.52. The van der Waals surface area contributed by atoms with Gasteiger partial charge in [0.15, 0.2) is 9.84 Å². The third kappa shape index (κ3) is 3.34. The summed E-state index contributed by atoms with van der Waals surface area (Å²) < 4.78 is 22.4. The molecule has 0 aromatic carbocycles. The maximum atomic E-state index is 11.4. The number of rotatable bonds is 3. The summed E-state index contributed by atoms with van der Waals surface area (Å²) >= 11 is 0. The number of carboxylic acid groups (broad SMARTS) is 1. The second-order valence-corrected chi connectivity index (χ2v) is 5.91. The van der Waals surface area contributed by atoms with Gasteiger partial charge in [0.25, 0.3) is 0 Å². The number of amides is 1. The zero-order chi connectivity index (χ0) is 12.3. The van der Waals surface area contributed by atoms with Crippen molar-refractivity contribution < 1.29 is 23.1 Å². The minimum Gasteiger partial charge on any atom is -0.478 e. The van der Waals surface area contributed by atoms with Gasteiger partial charge in [-0.2, -0.15) is 0 Å². The minimum atomic E-state index is -3.04. The van der Waals surface area contributed by atoms with Gasteiger partial charge in [-0.15, -0.1) is 0 Å².